The van der Waals surface area contributed by atoms with Crippen LogP contribution in [0.25, 0.3) is 0 Å². The third kappa shape index (κ3) is 5.70. The summed E-state index contributed by atoms with van der Waals surface area (Å²) in [6.07, 6.45) is 6.49. The van der Waals surface area contributed by atoms with E-state index in [0.29, 0.717) is 33.6 Å². The fourth-order valence-corrected chi connectivity index (χ4v) is 5.75. The van der Waals surface area contributed by atoms with E-state index in [0.717, 1.165) is 59.7 Å². The van der Waals surface area contributed by atoms with Crippen LogP contribution in [0.2, 0.25) is 0 Å². The lowest BCUT2D eigenvalue weighted by molar-refractivity contribution is 0.0980. The van der Waals surface area contributed by atoms with E-state index < -0.39 is 0 Å². The summed E-state index contributed by atoms with van der Waals surface area (Å²) < 4.78 is 0. The Balaban J connectivity index is 1.56. The molecule has 0 aliphatic heterocycles. The van der Waals surface area contributed by atoms with Crippen LogP contribution in [0.4, 0.5) is 22.7 Å². The van der Waals surface area contributed by atoms with E-state index in [4.69, 9.17) is 25.3 Å². The summed E-state index contributed by atoms with van der Waals surface area (Å²) in [5.41, 5.74) is 6.71. The lowest BCUT2D eigenvalue weighted by atomic mass is 9.82. The van der Waals surface area contributed by atoms with Crippen molar-refractivity contribution in [2.24, 2.45) is 0 Å². The molecule has 1 aliphatic rings. The highest BCUT2D eigenvalue weighted by Gasteiger charge is 2.34. The molecule has 4 aromatic rings. The first-order valence-corrected chi connectivity index (χ1v) is 14.8. The van der Waals surface area contributed by atoms with Crippen molar-refractivity contribution in [1.82, 2.24) is 0 Å². The van der Waals surface area contributed by atoms with Crippen LogP contribution in [-0.4, -0.2) is 11.6 Å². The number of aryl methyl sites for hydroxylation is 2. The van der Waals surface area contributed by atoms with Crippen molar-refractivity contribution < 1.29 is 9.59 Å². The number of rotatable bonds is 10. The number of unbranched alkanes of at least 4 members (excludes halogenated alkanes) is 2. The highest BCUT2D eigenvalue weighted by Crippen LogP contribution is 2.40. The van der Waals surface area contributed by atoms with Gasteiger partial charge < -0.3 is 10.6 Å². The number of hydrogen-bond acceptors (Lipinski definition) is 6. The van der Waals surface area contributed by atoms with Gasteiger partial charge in [-0.2, -0.15) is 0 Å². The molecule has 0 aromatic heterocycles. The molecular weight excluding hydrogens is 533 g/mol. The Bertz CT molecular complexity index is 1480. The molecule has 0 atom stereocenters. The van der Waals surface area contributed by atoms with Crippen LogP contribution < -0.4 is 10.6 Å². The van der Waals surface area contributed by atoms with Gasteiger partial charge in [-0.3, -0.25) is 9.59 Å². The van der Waals surface area contributed by atoms with E-state index in [1.807, 2.05) is 24.3 Å². The van der Waals surface area contributed by atoms with Crippen LogP contribution in [0.1, 0.15) is 82.5 Å². The molecule has 4 nitrogen and oxygen atoms in total. The van der Waals surface area contributed by atoms with Crippen LogP contribution in [0.15, 0.2) is 82.6 Å². The third-order valence-corrected chi connectivity index (χ3v) is 8.12. The molecule has 0 bridgehead atoms. The highest BCUT2D eigenvalue weighted by atomic mass is 32.1. The zero-order chi connectivity index (χ0) is 28.2. The van der Waals surface area contributed by atoms with Gasteiger partial charge in [-0.1, -0.05) is 63.1 Å². The number of nitrogens with one attached hydrogen (secondary N) is 2. The van der Waals surface area contributed by atoms with Crippen molar-refractivity contribution >= 4 is 59.6 Å². The molecular formula is C34H34N2O2S2. The quantitative estimate of drug-likeness (QED) is 0.127. The van der Waals surface area contributed by atoms with Crippen LogP contribution in [0, 0.1) is 0 Å². The first-order valence-electron chi connectivity index (χ1n) is 13.9. The summed E-state index contributed by atoms with van der Waals surface area (Å²) in [6, 6.07) is 23.0. The number of fused-ring (bicyclic) bond motifs is 2. The van der Waals surface area contributed by atoms with E-state index in [9.17, 15) is 9.59 Å². The maximum Gasteiger partial charge on any atom is 0.196 e. The van der Waals surface area contributed by atoms with Crippen molar-refractivity contribution in [3.8, 4) is 0 Å². The number of hydrogen-bond donors (Lipinski definition) is 4. The number of carbonyl (C=O) groups is 2. The zero-order valence-electron chi connectivity index (χ0n) is 22.9. The van der Waals surface area contributed by atoms with E-state index in [-0.39, 0.29) is 11.6 Å². The average Bonchev–Trinajstić information content (AvgIpc) is 2.96. The third-order valence-electron chi connectivity index (χ3n) is 7.38. The summed E-state index contributed by atoms with van der Waals surface area (Å²) in [5.74, 6) is -0.365. The summed E-state index contributed by atoms with van der Waals surface area (Å²) in [7, 11) is 0. The van der Waals surface area contributed by atoms with Gasteiger partial charge in [0.15, 0.2) is 11.6 Å². The zero-order valence-corrected chi connectivity index (χ0v) is 24.7. The Morgan fingerprint density at radius 1 is 0.575 bits per heavy atom. The van der Waals surface area contributed by atoms with Crippen molar-refractivity contribution in [2.75, 3.05) is 10.6 Å². The second-order valence-corrected chi connectivity index (χ2v) is 11.2. The van der Waals surface area contributed by atoms with Gasteiger partial charge in [0.25, 0.3) is 0 Å². The number of carbonyl (C=O) groups excluding carboxylic acids is 2. The van der Waals surface area contributed by atoms with Gasteiger partial charge in [-0.25, -0.2) is 0 Å². The number of anilines is 4. The highest BCUT2D eigenvalue weighted by molar-refractivity contribution is 7.80. The molecule has 0 saturated carbocycles. The second-order valence-electron chi connectivity index (χ2n) is 10.3. The van der Waals surface area contributed by atoms with E-state index >= 15 is 0 Å². The SMILES string of the molecule is CCCCc1ccc(Nc2ccc(Nc3ccc(CCCC)cc3S)c3c2C(=O)c2ccccc2C3=O)c(S)c1. The molecule has 4 aromatic carbocycles. The number of ketones is 2. The van der Waals surface area contributed by atoms with Crippen LogP contribution in [0.5, 0.6) is 0 Å². The molecule has 0 spiro atoms. The Kier molecular flexibility index (Phi) is 8.67. The predicted molar refractivity (Wildman–Crippen MR) is 171 cm³/mol. The molecule has 0 heterocycles. The van der Waals surface area contributed by atoms with Gasteiger partial charge in [0.2, 0.25) is 0 Å². The molecule has 0 unspecified atom stereocenters. The Morgan fingerprint density at radius 2 is 0.975 bits per heavy atom. The standard InChI is InChI=1S/C34H34N2O2S2/c1-3-5-9-21-13-15-25(29(39)19-21)35-27-17-18-28(36-26-16-14-22(10-6-4-2)20-30(26)40)32-31(27)33(37)23-11-7-8-12-24(23)34(32)38/h7-8,11-20,35-36,39-40H,3-6,9-10H2,1-2H3. The van der Waals surface area contributed by atoms with Crippen molar-refractivity contribution in [1.29, 1.82) is 0 Å². The Morgan fingerprint density at radius 3 is 1.35 bits per heavy atom. The lowest BCUT2D eigenvalue weighted by Crippen LogP contribution is -2.23. The molecule has 0 radical (unpaired) electrons. The molecule has 0 amide bonds. The maximum atomic E-state index is 13.9. The molecule has 6 heteroatoms. The molecule has 0 fully saturated rings. The second kappa shape index (κ2) is 12.4. The minimum absolute atomic E-state index is 0.183. The maximum absolute atomic E-state index is 13.9. The fraction of sp³-hybridized carbons (Fsp3) is 0.235. The first kappa shape index (κ1) is 28.1. The first-order chi connectivity index (χ1) is 19.4. The van der Waals surface area contributed by atoms with Gasteiger partial charge in [0.1, 0.15) is 0 Å². The lowest BCUT2D eigenvalue weighted by Gasteiger charge is -2.24. The monoisotopic (exact) mass is 566 g/mol. The molecule has 2 N–H and O–H groups in total. The summed E-state index contributed by atoms with van der Waals surface area (Å²) >= 11 is 9.45. The van der Waals surface area contributed by atoms with Crippen LogP contribution >= 0.6 is 25.3 Å². The number of thiol groups is 2. The van der Waals surface area contributed by atoms with Crippen molar-refractivity contribution in [3.05, 3.63) is 106 Å². The molecule has 40 heavy (non-hydrogen) atoms. The molecule has 5 rings (SSSR count). The molecule has 1 aliphatic carbocycles. The van der Waals surface area contributed by atoms with Gasteiger partial charge in [0.05, 0.1) is 33.9 Å². The summed E-state index contributed by atoms with van der Waals surface area (Å²) in [5, 5.41) is 6.81. The smallest absolute Gasteiger partial charge is 0.196 e. The van der Waals surface area contributed by atoms with E-state index in [1.54, 1.807) is 24.3 Å². The normalized spacial score (nSPS) is 12.2. The number of benzene rings is 4. The van der Waals surface area contributed by atoms with Gasteiger partial charge in [0, 0.05) is 20.9 Å². The Labute approximate surface area is 247 Å². The van der Waals surface area contributed by atoms with E-state index in [2.05, 4.69) is 48.7 Å². The van der Waals surface area contributed by atoms with E-state index in [1.165, 1.54) is 11.1 Å². The Hall–Kier alpha value is -3.48. The van der Waals surface area contributed by atoms with Crippen molar-refractivity contribution in [2.45, 2.75) is 62.2 Å². The van der Waals surface area contributed by atoms with Gasteiger partial charge in [-0.15, -0.1) is 25.3 Å². The largest absolute Gasteiger partial charge is 0.354 e. The van der Waals surface area contributed by atoms with Crippen molar-refractivity contribution in [3.63, 3.8) is 0 Å². The van der Waals surface area contributed by atoms with Crippen LogP contribution in [-0.2, 0) is 12.8 Å². The average molecular weight is 567 g/mol. The molecule has 0 saturated heterocycles. The van der Waals surface area contributed by atoms with Crippen LogP contribution in [0.3, 0.4) is 0 Å². The minimum Gasteiger partial charge on any atom is -0.354 e. The molecule has 204 valence electrons. The summed E-state index contributed by atoms with van der Waals surface area (Å²) in [4.78, 5) is 29.4. The predicted octanol–water partition coefficient (Wildman–Crippen LogP) is 9.21. The topological polar surface area (TPSA) is 58.2 Å². The minimum atomic E-state index is -0.183. The summed E-state index contributed by atoms with van der Waals surface area (Å²) in [6.45, 7) is 4.35. The van der Waals surface area contributed by atoms with Gasteiger partial charge >= 0.3 is 0 Å². The van der Waals surface area contributed by atoms with Gasteiger partial charge in [-0.05, 0) is 73.2 Å². The fourth-order valence-electron chi connectivity index (χ4n) is 5.16.